The van der Waals surface area contributed by atoms with Crippen molar-refractivity contribution in [1.82, 2.24) is 10.2 Å². The summed E-state index contributed by atoms with van der Waals surface area (Å²) in [5.74, 6) is -0.154. The number of unbranched alkanes of at least 4 members (excludes halogenated alkanes) is 1. The van der Waals surface area contributed by atoms with Gasteiger partial charge in [0.25, 0.3) is 0 Å². The zero-order chi connectivity index (χ0) is 16.0. The molecular weight excluding hydrogens is 279 g/mol. The molecule has 0 bridgehead atoms. The molecule has 122 valence electrons. The van der Waals surface area contributed by atoms with Crippen molar-refractivity contribution in [2.75, 3.05) is 26.2 Å². The van der Waals surface area contributed by atoms with Crippen molar-refractivity contribution >= 4 is 5.91 Å². The molecule has 1 N–H and O–H groups in total. The lowest BCUT2D eigenvalue weighted by Gasteiger charge is -2.18. The molecule has 22 heavy (non-hydrogen) atoms. The monoisotopic (exact) mass is 306 g/mol. The molecule has 1 fully saturated rings. The Bertz CT molecular complexity index is 478. The molecule has 0 radical (unpaired) electrons. The largest absolute Gasteiger partial charge is 0.355 e. The minimum atomic E-state index is -0.396. The molecule has 4 heteroatoms. The second-order valence-corrected chi connectivity index (χ2v) is 6.08. The Morgan fingerprint density at radius 1 is 1.18 bits per heavy atom. The zero-order valence-electron chi connectivity index (χ0n) is 13.7. The van der Waals surface area contributed by atoms with Crippen LogP contribution < -0.4 is 5.32 Å². The van der Waals surface area contributed by atoms with Crippen LogP contribution in [0, 0.1) is 5.82 Å². The van der Waals surface area contributed by atoms with Crippen LogP contribution in [0.5, 0.6) is 0 Å². The molecule has 3 nitrogen and oxygen atoms in total. The highest BCUT2D eigenvalue weighted by atomic mass is 19.1. The van der Waals surface area contributed by atoms with E-state index in [-0.39, 0.29) is 11.7 Å². The van der Waals surface area contributed by atoms with Gasteiger partial charge in [-0.15, -0.1) is 0 Å². The van der Waals surface area contributed by atoms with Gasteiger partial charge in [0.1, 0.15) is 5.82 Å². The summed E-state index contributed by atoms with van der Waals surface area (Å²) in [6, 6.07) is 6.35. The summed E-state index contributed by atoms with van der Waals surface area (Å²) < 4.78 is 13.0. The Kier molecular flexibility index (Phi) is 5.95. The minimum absolute atomic E-state index is 0.0990. The van der Waals surface area contributed by atoms with Crippen LogP contribution in [0.25, 0.3) is 0 Å². The maximum atomic E-state index is 13.0. The maximum Gasteiger partial charge on any atom is 0.230 e. The molecule has 0 saturated heterocycles. The van der Waals surface area contributed by atoms with E-state index in [1.807, 2.05) is 0 Å². The molecule has 1 aliphatic rings. The molecule has 0 spiro atoms. The number of carbonyl (C=O) groups is 1. The number of rotatable bonds is 9. The zero-order valence-corrected chi connectivity index (χ0v) is 13.7. The van der Waals surface area contributed by atoms with Crippen molar-refractivity contribution in [3.8, 4) is 0 Å². The first-order chi connectivity index (χ1) is 10.6. The van der Waals surface area contributed by atoms with Crippen molar-refractivity contribution in [2.24, 2.45) is 0 Å². The van der Waals surface area contributed by atoms with Gasteiger partial charge < -0.3 is 10.2 Å². The maximum absolute atomic E-state index is 13.0. The fraction of sp³-hybridized carbons (Fsp3) is 0.611. The Balaban J connectivity index is 1.74. The van der Waals surface area contributed by atoms with Gasteiger partial charge in [-0.2, -0.15) is 0 Å². The predicted octanol–water partition coefficient (Wildman–Crippen LogP) is 3.10. The van der Waals surface area contributed by atoms with Crippen LogP contribution >= 0.6 is 0 Å². The summed E-state index contributed by atoms with van der Waals surface area (Å²) in [5.41, 5.74) is 0.543. The topological polar surface area (TPSA) is 32.3 Å². The van der Waals surface area contributed by atoms with E-state index in [1.54, 1.807) is 12.1 Å². The Labute approximate surface area is 132 Å². The lowest BCUT2D eigenvalue weighted by Crippen LogP contribution is -2.35. The minimum Gasteiger partial charge on any atom is -0.355 e. The van der Waals surface area contributed by atoms with Gasteiger partial charge >= 0.3 is 0 Å². The van der Waals surface area contributed by atoms with Crippen LogP contribution in [0.2, 0.25) is 0 Å². The number of halogens is 1. The normalized spacial score (nSPS) is 15.8. The average Bonchev–Trinajstić information content (AvgIpc) is 3.33. The first-order valence-corrected chi connectivity index (χ1v) is 8.39. The van der Waals surface area contributed by atoms with Crippen LogP contribution in [0.4, 0.5) is 4.39 Å². The number of carbonyl (C=O) groups excluding carboxylic acids is 1. The highest BCUT2D eigenvalue weighted by Gasteiger charge is 2.50. The molecule has 0 atom stereocenters. The highest BCUT2D eigenvalue weighted by molar-refractivity contribution is 5.91. The molecule has 1 amide bonds. The summed E-state index contributed by atoms with van der Waals surface area (Å²) in [4.78, 5) is 14.8. The number of hydrogen-bond donors (Lipinski definition) is 1. The van der Waals surface area contributed by atoms with Gasteiger partial charge in [0.15, 0.2) is 0 Å². The Morgan fingerprint density at radius 2 is 1.82 bits per heavy atom. The van der Waals surface area contributed by atoms with Crippen molar-refractivity contribution in [3.63, 3.8) is 0 Å². The van der Waals surface area contributed by atoms with Gasteiger partial charge in [-0.3, -0.25) is 4.79 Å². The number of nitrogens with zero attached hydrogens (tertiary/aromatic N) is 1. The smallest absolute Gasteiger partial charge is 0.230 e. The van der Waals surface area contributed by atoms with Crippen molar-refractivity contribution in [1.29, 1.82) is 0 Å². The Morgan fingerprint density at radius 3 is 2.36 bits per heavy atom. The van der Waals surface area contributed by atoms with Crippen LogP contribution in [0.1, 0.15) is 45.1 Å². The van der Waals surface area contributed by atoms with Crippen molar-refractivity contribution < 1.29 is 9.18 Å². The Hall–Kier alpha value is -1.42. The summed E-state index contributed by atoms with van der Waals surface area (Å²) in [6.45, 7) is 8.32. The van der Waals surface area contributed by atoms with Crippen LogP contribution in [0.3, 0.4) is 0 Å². The van der Waals surface area contributed by atoms with Gasteiger partial charge in [0.05, 0.1) is 5.41 Å². The molecule has 0 heterocycles. The molecule has 1 aromatic rings. The number of hydrogen-bond acceptors (Lipinski definition) is 2. The van der Waals surface area contributed by atoms with E-state index < -0.39 is 5.41 Å². The quantitative estimate of drug-likeness (QED) is 0.711. The van der Waals surface area contributed by atoms with Crippen LogP contribution in [-0.4, -0.2) is 37.0 Å². The SMILES string of the molecule is CCN(CC)CCCCNC(=O)C1(c2ccc(F)cc2)CC1. The van der Waals surface area contributed by atoms with E-state index in [9.17, 15) is 9.18 Å². The van der Waals surface area contributed by atoms with Crippen molar-refractivity contribution in [2.45, 2.75) is 44.9 Å². The van der Waals surface area contributed by atoms with Gasteiger partial charge in [-0.25, -0.2) is 4.39 Å². The highest BCUT2D eigenvalue weighted by Crippen LogP contribution is 2.48. The predicted molar refractivity (Wildman–Crippen MR) is 87.3 cm³/mol. The van der Waals surface area contributed by atoms with Gasteiger partial charge in [-0.1, -0.05) is 26.0 Å². The summed E-state index contributed by atoms with van der Waals surface area (Å²) in [6.07, 6.45) is 3.83. The summed E-state index contributed by atoms with van der Waals surface area (Å²) >= 11 is 0. The van der Waals surface area contributed by atoms with Gasteiger partial charge in [0.2, 0.25) is 5.91 Å². The van der Waals surface area contributed by atoms with E-state index in [2.05, 4.69) is 24.1 Å². The van der Waals surface area contributed by atoms with Crippen molar-refractivity contribution in [3.05, 3.63) is 35.6 Å². The second-order valence-electron chi connectivity index (χ2n) is 6.08. The third-order valence-electron chi connectivity index (χ3n) is 4.66. The van der Waals surface area contributed by atoms with Crippen LogP contribution in [0.15, 0.2) is 24.3 Å². The molecule has 1 aliphatic carbocycles. The molecule has 1 aromatic carbocycles. The molecule has 0 aliphatic heterocycles. The van der Waals surface area contributed by atoms with Crippen LogP contribution in [-0.2, 0) is 10.2 Å². The number of amides is 1. The molecule has 0 aromatic heterocycles. The summed E-state index contributed by atoms with van der Waals surface area (Å²) in [5, 5.41) is 3.06. The molecule has 2 rings (SSSR count). The average molecular weight is 306 g/mol. The third-order valence-corrected chi connectivity index (χ3v) is 4.66. The lowest BCUT2D eigenvalue weighted by atomic mass is 9.95. The van der Waals surface area contributed by atoms with E-state index in [1.165, 1.54) is 12.1 Å². The fourth-order valence-electron chi connectivity index (χ4n) is 2.91. The standard InChI is InChI=1S/C18H27FN2O/c1-3-21(4-2)14-6-5-13-20-17(22)18(11-12-18)15-7-9-16(19)10-8-15/h7-10H,3-6,11-14H2,1-2H3,(H,20,22). The molecule has 0 unspecified atom stereocenters. The van der Waals surface area contributed by atoms with E-state index in [0.29, 0.717) is 0 Å². The fourth-order valence-corrected chi connectivity index (χ4v) is 2.91. The second kappa shape index (κ2) is 7.73. The third kappa shape index (κ3) is 4.07. The molecule has 1 saturated carbocycles. The van der Waals surface area contributed by atoms with Gasteiger partial charge in [0, 0.05) is 6.54 Å². The first kappa shape index (κ1) is 16.9. The van der Waals surface area contributed by atoms with E-state index in [4.69, 9.17) is 0 Å². The van der Waals surface area contributed by atoms with E-state index in [0.717, 1.165) is 57.4 Å². The van der Waals surface area contributed by atoms with Gasteiger partial charge in [-0.05, 0) is 63.0 Å². The number of benzene rings is 1. The summed E-state index contributed by atoms with van der Waals surface area (Å²) in [7, 11) is 0. The first-order valence-electron chi connectivity index (χ1n) is 8.39. The lowest BCUT2D eigenvalue weighted by molar-refractivity contribution is -0.123. The van der Waals surface area contributed by atoms with E-state index >= 15 is 0 Å². The number of nitrogens with one attached hydrogen (secondary N) is 1. The molecular formula is C18H27FN2O.